The van der Waals surface area contributed by atoms with Gasteiger partial charge < -0.3 is 5.32 Å². The predicted molar refractivity (Wildman–Crippen MR) is 85.0 cm³/mol. The molecule has 1 N–H and O–H groups in total. The summed E-state index contributed by atoms with van der Waals surface area (Å²) in [5.74, 6) is 0.353. The number of nitrogens with zero attached hydrogens (tertiary/aromatic N) is 2. The van der Waals surface area contributed by atoms with Gasteiger partial charge in [-0.3, -0.25) is 4.79 Å². The third kappa shape index (κ3) is 1.85. The number of nitrogens with one attached hydrogen (secondary N) is 1. The third-order valence-corrected chi connectivity index (χ3v) is 5.87. The summed E-state index contributed by atoms with van der Waals surface area (Å²) in [6, 6.07) is 0. The number of ketones is 1. The van der Waals surface area contributed by atoms with Crippen molar-refractivity contribution in [3.63, 3.8) is 0 Å². The molecule has 1 spiro atoms. The molecule has 2 aliphatic carbocycles. The van der Waals surface area contributed by atoms with Crippen molar-refractivity contribution >= 4 is 5.78 Å². The number of carbonyl (C=O) groups is 1. The average Bonchev–Trinajstić information content (AvgIpc) is 2.79. The first-order chi connectivity index (χ1) is 10.4. The van der Waals surface area contributed by atoms with Gasteiger partial charge in [-0.2, -0.15) is 10.2 Å². The van der Waals surface area contributed by atoms with Crippen LogP contribution in [0.25, 0.3) is 0 Å². The first kappa shape index (κ1) is 14.2. The molecule has 1 unspecified atom stereocenters. The van der Waals surface area contributed by atoms with E-state index < -0.39 is 0 Å². The minimum atomic E-state index is -0.0787. The van der Waals surface area contributed by atoms with E-state index in [0.29, 0.717) is 12.2 Å². The predicted octanol–water partition coefficient (Wildman–Crippen LogP) is 4.25. The van der Waals surface area contributed by atoms with E-state index in [2.05, 4.69) is 36.3 Å². The van der Waals surface area contributed by atoms with Gasteiger partial charge in [0.05, 0.1) is 5.70 Å². The normalized spacial score (nSPS) is 32.1. The van der Waals surface area contributed by atoms with Crippen molar-refractivity contribution in [2.24, 2.45) is 21.1 Å². The van der Waals surface area contributed by atoms with Crippen molar-refractivity contribution in [1.82, 2.24) is 5.32 Å². The largest absolute Gasteiger partial charge is 0.362 e. The molecule has 2 heterocycles. The SMILES string of the molecule is CC1=C2C(N=N1)NC1=C(C(=O)CC(C)(C)C1)C21CCCCC1. The minimum absolute atomic E-state index is 0.0291. The van der Waals surface area contributed by atoms with Crippen LogP contribution in [0.2, 0.25) is 0 Å². The molecular weight excluding hydrogens is 274 g/mol. The van der Waals surface area contributed by atoms with E-state index >= 15 is 0 Å². The Morgan fingerprint density at radius 1 is 1.14 bits per heavy atom. The molecule has 0 aromatic carbocycles. The van der Waals surface area contributed by atoms with Crippen LogP contribution in [0.1, 0.15) is 65.7 Å². The molecule has 4 heteroatoms. The van der Waals surface area contributed by atoms with Gasteiger partial charge >= 0.3 is 0 Å². The van der Waals surface area contributed by atoms with Gasteiger partial charge in [-0.1, -0.05) is 33.1 Å². The molecule has 0 aromatic heterocycles. The molecule has 2 aliphatic heterocycles. The molecule has 1 fully saturated rings. The smallest absolute Gasteiger partial charge is 0.164 e. The Hall–Kier alpha value is -1.45. The maximum absolute atomic E-state index is 13.0. The molecule has 118 valence electrons. The number of carbonyl (C=O) groups excluding carboxylic acids is 1. The number of azo groups is 1. The summed E-state index contributed by atoms with van der Waals surface area (Å²) in [4.78, 5) is 13.0. The van der Waals surface area contributed by atoms with E-state index in [-0.39, 0.29) is 17.0 Å². The Morgan fingerprint density at radius 2 is 1.86 bits per heavy atom. The van der Waals surface area contributed by atoms with Gasteiger partial charge in [0.25, 0.3) is 0 Å². The highest BCUT2D eigenvalue weighted by molar-refractivity contribution is 6.00. The van der Waals surface area contributed by atoms with Crippen LogP contribution in [0.4, 0.5) is 0 Å². The lowest BCUT2D eigenvalue weighted by Crippen LogP contribution is -2.50. The standard InChI is InChI=1S/C18H25N3O/c1-11-14-16(21-20-11)19-12-9-17(2,3)10-13(22)15(12)18(14)7-5-4-6-8-18/h16,19H,4-10H2,1-3H3. The number of hydrogen-bond donors (Lipinski definition) is 1. The van der Waals surface area contributed by atoms with Crippen LogP contribution in [-0.2, 0) is 4.79 Å². The molecule has 0 aromatic rings. The fourth-order valence-corrected chi connectivity index (χ4v) is 5.14. The average molecular weight is 299 g/mol. The van der Waals surface area contributed by atoms with E-state index in [1.165, 1.54) is 24.8 Å². The van der Waals surface area contributed by atoms with Crippen LogP contribution in [0.5, 0.6) is 0 Å². The number of fused-ring (bicyclic) bond motifs is 3. The topological polar surface area (TPSA) is 53.8 Å². The molecule has 1 atom stereocenters. The van der Waals surface area contributed by atoms with Crippen LogP contribution < -0.4 is 5.32 Å². The van der Waals surface area contributed by atoms with Gasteiger partial charge in [-0.05, 0) is 31.6 Å². The summed E-state index contributed by atoms with van der Waals surface area (Å²) in [6.45, 7) is 6.44. The van der Waals surface area contributed by atoms with Crippen molar-refractivity contribution in [2.75, 3.05) is 0 Å². The van der Waals surface area contributed by atoms with E-state index in [1.807, 2.05) is 0 Å². The number of Topliss-reactive ketones (excluding diaryl/α,β-unsaturated/α-hetero) is 1. The molecule has 0 amide bonds. The summed E-state index contributed by atoms with van der Waals surface area (Å²) in [5, 5.41) is 12.3. The fraction of sp³-hybridized carbons (Fsp3) is 0.722. The lowest BCUT2D eigenvalue weighted by Gasteiger charge is -2.49. The second-order valence-corrected chi connectivity index (χ2v) is 8.20. The van der Waals surface area contributed by atoms with Gasteiger partial charge in [0.15, 0.2) is 11.9 Å². The van der Waals surface area contributed by atoms with E-state index in [1.54, 1.807) is 0 Å². The maximum atomic E-state index is 13.0. The Kier molecular flexibility index (Phi) is 2.91. The van der Waals surface area contributed by atoms with Gasteiger partial charge in [0.1, 0.15) is 0 Å². The first-order valence-corrected chi connectivity index (χ1v) is 8.58. The Balaban J connectivity index is 1.91. The van der Waals surface area contributed by atoms with Crippen LogP contribution in [-0.4, -0.2) is 11.9 Å². The summed E-state index contributed by atoms with van der Waals surface area (Å²) < 4.78 is 0. The molecule has 4 rings (SSSR count). The monoisotopic (exact) mass is 299 g/mol. The molecule has 0 saturated heterocycles. The molecular formula is C18H25N3O. The van der Waals surface area contributed by atoms with Gasteiger partial charge in [0.2, 0.25) is 0 Å². The summed E-state index contributed by atoms with van der Waals surface area (Å²) in [6.07, 6.45) is 7.46. The molecule has 1 saturated carbocycles. The molecule has 0 bridgehead atoms. The minimum Gasteiger partial charge on any atom is -0.362 e. The quantitative estimate of drug-likeness (QED) is 0.727. The van der Waals surface area contributed by atoms with Crippen LogP contribution in [0, 0.1) is 10.8 Å². The second kappa shape index (κ2) is 4.53. The third-order valence-electron chi connectivity index (χ3n) is 5.87. The maximum Gasteiger partial charge on any atom is 0.164 e. The lowest BCUT2D eigenvalue weighted by atomic mass is 9.57. The highest BCUT2D eigenvalue weighted by atomic mass is 16.1. The van der Waals surface area contributed by atoms with Crippen molar-refractivity contribution in [1.29, 1.82) is 0 Å². The van der Waals surface area contributed by atoms with Crippen LogP contribution in [0.15, 0.2) is 32.8 Å². The van der Waals surface area contributed by atoms with E-state index in [9.17, 15) is 4.79 Å². The summed E-state index contributed by atoms with van der Waals surface area (Å²) in [7, 11) is 0. The Bertz CT molecular complexity index is 633. The zero-order chi connectivity index (χ0) is 15.5. The lowest BCUT2D eigenvalue weighted by molar-refractivity contribution is -0.119. The molecule has 22 heavy (non-hydrogen) atoms. The van der Waals surface area contributed by atoms with Crippen molar-refractivity contribution < 1.29 is 4.79 Å². The van der Waals surface area contributed by atoms with Crippen molar-refractivity contribution in [3.8, 4) is 0 Å². The number of allylic oxidation sites excluding steroid dienone is 3. The van der Waals surface area contributed by atoms with Gasteiger partial charge in [-0.25, -0.2) is 0 Å². The Morgan fingerprint density at radius 3 is 2.59 bits per heavy atom. The van der Waals surface area contributed by atoms with Crippen molar-refractivity contribution in [2.45, 2.75) is 71.9 Å². The molecule has 4 aliphatic rings. The van der Waals surface area contributed by atoms with Crippen molar-refractivity contribution in [3.05, 3.63) is 22.5 Å². The van der Waals surface area contributed by atoms with Crippen LogP contribution in [0.3, 0.4) is 0 Å². The van der Waals surface area contributed by atoms with Gasteiger partial charge in [0, 0.05) is 28.7 Å². The molecule has 4 nitrogen and oxygen atoms in total. The highest BCUT2D eigenvalue weighted by Gasteiger charge is 2.53. The van der Waals surface area contributed by atoms with E-state index in [4.69, 9.17) is 0 Å². The van der Waals surface area contributed by atoms with E-state index in [0.717, 1.165) is 36.2 Å². The number of rotatable bonds is 0. The summed E-state index contributed by atoms with van der Waals surface area (Å²) >= 11 is 0. The summed E-state index contributed by atoms with van der Waals surface area (Å²) in [5.41, 5.74) is 4.53. The van der Waals surface area contributed by atoms with Gasteiger partial charge in [-0.15, -0.1) is 0 Å². The zero-order valence-corrected chi connectivity index (χ0v) is 13.8. The highest BCUT2D eigenvalue weighted by Crippen LogP contribution is 2.57. The zero-order valence-electron chi connectivity index (χ0n) is 13.8. The molecule has 0 radical (unpaired) electrons. The van der Waals surface area contributed by atoms with Crippen LogP contribution >= 0.6 is 0 Å². The Labute approximate surface area is 132 Å². The first-order valence-electron chi connectivity index (χ1n) is 8.58. The second-order valence-electron chi connectivity index (χ2n) is 8.20. The number of hydrogen-bond acceptors (Lipinski definition) is 4. The fourth-order valence-electron chi connectivity index (χ4n) is 5.14.